The van der Waals surface area contributed by atoms with Gasteiger partial charge in [0.2, 0.25) is 0 Å². The second kappa shape index (κ2) is 6.93. The van der Waals surface area contributed by atoms with E-state index in [1.54, 1.807) is 0 Å². The summed E-state index contributed by atoms with van der Waals surface area (Å²) in [6.07, 6.45) is 13.6. The molecule has 18 heavy (non-hydrogen) atoms. The van der Waals surface area contributed by atoms with Crippen molar-refractivity contribution in [2.75, 3.05) is 0 Å². The molecule has 0 amide bonds. The molecular formula is C15H27N3. The number of hydrogen-bond acceptors (Lipinski definition) is 2. The van der Waals surface area contributed by atoms with Crippen LogP contribution in [0.4, 0.5) is 0 Å². The largest absolute Gasteiger partial charge is 0.337 e. The molecule has 102 valence electrons. The van der Waals surface area contributed by atoms with Gasteiger partial charge in [0, 0.05) is 25.5 Å². The van der Waals surface area contributed by atoms with E-state index in [1.807, 2.05) is 12.4 Å². The summed E-state index contributed by atoms with van der Waals surface area (Å²) >= 11 is 0. The Balaban J connectivity index is 1.75. The van der Waals surface area contributed by atoms with Gasteiger partial charge in [0.15, 0.2) is 0 Å². The molecule has 3 heteroatoms. The molecule has 0 spiro atoms. The second-order valence-electron chi connectivity index (χ2n) is 5.70. The number of aryl methyl sites for hydroxylation is 1. The number of nitrogens with one attached hydrogen (secondary N) is 1. The predicted molar refractivity (Wildman–Crippen MR) is 75.3 cm³/mol. The van der Waals surface area contributed by atoms with Crippen LogP contribution in [0.2, 0.25) is 0 Å². The predicted octanol–water partition coefficient (Wildman–Crippen LogP) is 3.26. The molecule has 1 saturated carbocycles. The standard InChI is InChI=1S/C15H27N3/c1-3-5-13-6-4-7-14(9-8-13)17-12-15-16-10-11-18(15)2/h10-11,13-14,17H,3-9,12H2,1-2H3. The highest BCUT2D eigenvalue weighted by molar-refractivity contribution is 4.91. The van der Waals surface area contributed by atoms with Gasteiger partial charge in [0.1, 0.15) is 5.82 Å². The van der Waals surface area contributed by atoms with Crippen LogP contribution in [0.1, 0.15) is 57.7 Å². The molecule has 1 heterocycles. The number of aromatic nitrogens is 2. The second-order valence-corrected chi connectivity index (χ2v) is 5.70. The number of nitrogens with zero attached hydrogens (tertiary/aromatic N) is 2. The van der Waals surface area contributed by atoms with Crippen LogP contribution in [0.5, 0.6) is 0 Å². The Kier molecular flexibility index (Phi) is 5.24. The van der Waals surface area contributed by atoms with Gasteiger partial charge in [-0.2, -0.15) is 0 Å². The molecule has 3 nitrogen and oxygen atoms in total. The van der Waals surface area contributed by atoms with Crippen LogP contribution in [-0.2, 0) is 13.6 Å². The van der Waals surface area contributed by atoms with Crippen LogP contribution >= 0.6 is 0 Å². The molecule has 1 aliphatic carbocycles. The van der Waals surface area contributed by atoms with Crippen LogP contribution in [0.3, 0.4) is 0 Å². The van der Waals surface area contributed by atoms with Crippen molar-refractivity contribution in [3.63, 3.8) is 0 Å². The summed E-state index contributed by atoms with van der Waals surface area (Å²) in [6, 6.07) is 0.698. The molecule has 2 rings (SSSR count). The summed E-state index contributed by atoms with van der Waals surface area (Å²) in [7, 11) is 2.06. The molecule has 1 aromatic rings. The fourth-order valence-electron chi connectivity index (χ4n) is 3.08. The van der Waals surface area contributed by atoms with Crippen LogP contribution in [0, 0.1) is 5.92 Å². The third-order valence-electron chi connectivity index (χ3n) is 4.26. The lowest BCUT2D eigenvalue weighted by Crippen LogP contribution is -2.29. The average molecular weight is 249 g/mol. The van der Waals surface area contributed by atoms with E-state index >= 15 is 0 Å². The van der Waals surface area contributed by atoms with Crippen LogP contribution in [0.25, 0.3) is 0 Å². The van der Waals surface area contributed by atoms with E-state index in [0.29, 0.717) is 6.04 Å². The van der Waals surface area contributed by atoms with Crippen molar-refractivity contribution in [1.29, 1.82) is 0 Å². The van der Waals surface area contributed by atoms with E-state index < -0.39 is 0 Å². The molecule has 0 aromatic carbocycles. The first-order valence-corrected chi connectivity index (χ1v) is 7.49. The maximum absolute atomic E-state index is 4.37. The zero-order valence-electron chi connectivity index (χ0n) is 11.9. The SMILES string of the molecule is CCCC1CCCC(NCc2nccn2C)CC1. The minimum Gasteiger partial charge on any atom is -0.337 e. The molecule has 1 fully saturated rings. The van der Waals surface area contributed by atoms with Crippen molar-refractivity contribution >= 4 is 0 Å². The summed E-state index contributed by atoms with van der Waals surface area (Å²) in [4.78, 5) is 4.37. The summed E-state index contributed by atoms with van der Waals surface area (Å²) in [5.74, 6) is 2.12. The van der Waals surface area contributed by atoms with Crippen LogP contribution in [0.15, 0.2) is 12.4 Å². The smallest absolute Gasteiger partial charge is 0.122 e. The van der Waals surface area contributed by atoms with E-state index in [2.05, 4.69) is 28.8 Å². The lowest BCUT2D eigenvalue weighted by molar-refractivity contribution is 0.407. The van der Waals surface area contributed by atoms with Crippen molar-refractivity contribution in [2.24, 2.45) is 13.0 Å². The van der Waals surface area contributed by atoms with Gasteiger partial charge < -0.3 is 9.88 Å². The summed E-state index contributed by atoms with van der Waals surface area (Å²) in [5, 5.41) is 3.68. The maximum Gasteiger partial charge on any atom is 0.122 e. The molecule has 0 aliphatic heterocycles. The highest BCUT2D eigenvalue weighted by Crippen LogP contribution is 2.26. The van der Waals surface area contributed by atoms with Crippen molar-refractivity contribution < 1.29 is 0 Å². The summed E-state index contributed by atoms with van der Waals surface area (Å²) in [6.45, 7) is 3.22. The Morgan fingerprint density at radius 1 is 1.33 bits per heavy atom. The molecule has 0 saturated heterocycles. The van der Waals surface area contributed by atoms with Gasteiger partial charge in [-0.05, 0) is 25.2 Å². The fourth-order valence-corrected chi connectivity index (χ4v) is 3.08. The minimum atomic E-state index is 0.698. The van der Waals surface area contributed by atoms with Crippen LogP contribution < -0.4 is 5.32 Å². The zero-order valence-corrected chi connectivity index (χ0v) is 11.9. The number of imidazole rings is 1. The van der Waals surface area contributed by atoms with Gasteiger partial charge in [-0.15, -0.1) is 0 Å². The molecule has 1 aliphatic rings. The Bertz CT molecular complexity index is 345. The van der Waals surface area contributed by atoms with E-state index in [0.717, 1.165) is 18.3 Å². The molecule has 0 radical (unpaired) electrons. The Labute approximate surface area is 111 Å². The molecule has 2 unspecified atom stereocenters. The first-order chi connectivity index (χ1) is 8.79. The molecule has 0 bridgehead atoms. The van der Waals surface area contributed by atoms with Gasteiger partial charge in [-0.25, -0.2) is 4.98 Å². The van der Waals surface area contributed by atoms with E-state index in [1.165, 1.54) is 44.9 Å². The first-order valence-electron chi connectivity index (χ1n) is 7.49. The number of hydrogen-bond donors (Lipinski definition) is 1. The topological polar surface area (TPSA) is 29.9 Å². The fraction of sp³-hybridized carbons (Fsp3) is 0.800. The lowest BCUT2D eigenvalue weighted by atomic mass is 9.95. The van der Waals surface area contributed by atoms with Crippen molar-refractivity contribution in [3.8, 4) is 0 Å². The normalized spacial score (nSPS) is 25.0. The Morgan fingerprint density at radius 3 is 2.94 bits per heavy atom. The van der Waals surface area contributed by atoms with Gasteiger partial charge in [0.25, 0.3) is 0 Å². The third kappa shape index (κ3) is 3.84. The molecule has 1 N–H and O–H groups in total. The lowest BCUT2D eigenvalue weighted by Gasteiger charge is -2.16. The van der Waals surface area contributed by atoms with Gasteiger partial charge >= 0.3 is 0 Å². The molecular weight excluding hydrogens is 222 g/mol. The van der Waals surface area contributed by atoms with Gasteiger partial charge in [-0.1, -0.05) is 32.6 Å². The molecule has 1 aromatic heterocycles. The average Bonchev–Trinajstić information content (AvgIpc) is 2.63. The van der Waals surface area contributed by atoms with Crippen molar-refractivity contribution in [1.82, 2.24) is 14.9 Å². The Hall–Kier alpha value is -0.830. The molecule has 2 atom stereocenters. The van der Waals surface area contributed by atoms with Gasteiger partial charge in [-0.3, -0.25) is 0 Å². The monoisotopic (exact) mass is 249 g/mol. The highest BCUT2D eigenvalue weighted by Gasteiger charge is 2.18. The third-order valence-corrected chi connectivity index (χ3v) is 4.26. The van der Waals surface area contributed by atoms with Crippen molar-refractivity contribution in [3.05, 3.63) is 18.2 Å². The summed E-state index contributed by atoms with van der Waals surface area (Å²) in [5.41, 5.74) is 0. The maximum atomic E-state index is 4.37. The van der Waals surface area contributed by atoms with E-state index in [9.17, 15) is 0 Å². The van der Waals surface area contributed by atoms with Gasteiger partial charge in [0.05, 0.1) is 6.54 Å². The van der Waals surface area contributed by atoms with E-state index in [4.69, 9.17) is 0 Å². The van der Waals surface area contributed by atoms with Crippen molar-refractivity contribution in [2.45, 2.75) is 64.5 Å². The zero-order chi connectivity index (χ0) is 12.8. The quantitative estimate of drug-likeness (QED) is 0.812. The first kappa shape index (κ1) is 13.6. The number of rotatable bonds is 5. The Morgan fingerprint density at radius 2 is 2.22 bits per heavy atom. The summed E-state index contributed by atoms with van der Waals surface area (Å²) < 4.78 is 2.10. The highest BCUT2D eigenvalue weighted by atomic mass is 15.1. The van der Waals surface area contributed by atoms with E-state index in [-0.39, 0.29) is 0 Å². The van der Waals surface area contributed by atoms with Crippen LogP contribution in [-0.4, -0.2) is 15.6 Å². The minimum absolute atomic E-state index is 0.698.